The van der Waals surface area contributed by atoms with Crippen LogP contribution in [0.2, 0.25) is 5.02 Å². The molecule has 2 aromatic carbocycles. The molecule has 0 bridgehead atoms. The van der Waals surface area contributed by atoms with Gasteiger partial charge < -0.3 is 24.4 Å². The van der Waals surface area contributed by atoms with Gasteiger partial charge in [-0.15, -0.1) is 0 Å². The van der Waals surface area contributed by atoms with Gasteiger partial charge in [0.2, 0.25) is 5.91 Å². The van der Waals surface area contributed by atoms with Crippen molar-refractivity contribution in [2.75, 3.05) is 27.9 Å². The van der Waals surface area contributed by atoms with Gasteiger partial charge in [-0.2, -0.15) is 0 Å². The minimum Gasteiger partial charge on any atom is -0.496 e. The molecule has 2 amide bonds. The number of methoxy groups -OCH3 is 2. The molecular formula is C22H27ClN2O5. The van der Waals surface area contributed by atoms with Crippen LogP contribution in [-0.2, 0) is 16.1 Å². The number of halogens is 1. The van der Waals surface area contributed by atoms with Crippen LogP contribution in [0.25, 0.3) is 0 Å². The lowest BCUT2D eigenvalue weighted by molar-refractivity contribution is -0.142. The van der Waals surface area contributed by atoms with Gasteiger partial charge in [-0.25, -0.2) is 0 Å². The minimum absolute atomic E-state index is 0.233. The molecule has 30 heavy (non-hydrogen) atoms. The smallest absolute Gasteiger partial charge is 0.261 e. The first kappa shape index (κ1) is 23.3. The summed E-state index contributed by atoms with van der Waals surface area (Å²) in [6.07, 6.45) is 0.464. The summed E-state index contributed by atoms with van der Waals surface area (Å²) >= 11 is 5.96. The van der Waals surface area contributed by atoms with Crippen molar-refractivity contribution in [3.63, 3.8) is 0 Å². The molecule has 0 unspecified atom stereocenters. The molecule has 8 heteroatoms. The van der Waals surface area contributed by atoms with Crippen LogP contribution in [0.1, 0.15) is 18.9 Å². The SMILES string of the molecule is CC[C@@H](C(=O)NC)N(Cc1ccc(Cl)cc1)C(=O)COc1cc(OC)cc(OC)c1. The van der Waals surface area contributed by atoms with E-state index in [1.807, 2.05) is 19.1 Å². The van der Waals surface area contributed by atoms with Crippen LogP contribution in [0.5, 0.6) is 17.2 Å². The summed E-state index contributed by atoms with van der Waals surface area (Å²) < 4.78 is 16.1. The normalized spacial score (nSPS) is 11.4. The van der Waals surface area contributed by atoms with E-state index in [0.717, 1.165) is 5.56 Å². The van der Waals surface area contributed by atoms with Gasteiger partial charge in [0.05, 0.1) is 14.2 Å². The lowest BCUT2D eigenvalue weighted by Gasteiger charge is -2.30. The summed E-state index contributed by atoms with van der Waals surface area (Å²) in [5.74, 6) is 0.974. The van der Waals surface area contributed by atoms with Gasteiger partial charge in [-0.1, -0.05) is 30.7 Å². The van der Waals surface area contributed by atoms with Gasteiger partial charge in [0.1, 0.15) is 23.3 Å². The summed E-state index contributed by atoms with van der Waals surface area (Å²) in [4.78, 5) is 26.9. The van der Waals surface area contributed by atoms with Crippen molar-refractivity contribution in [1.82, 2.24) is 10.2 Å². The molecule has 162 valence electrons. The van der Waals surface area contributed by atoms with Crippen LogP contribution >= 0.6 is 11.6 Å². The van der Waals surface area contributed by atoms with E-state index in [0.29, 0.717) is 28.7 Å². The number of ether oxygens (including phenoxy) is 3. The van der Waals surface area contributed by atoms with Crippen LogP contribution in [0.4, 0.5) is 0 Å². The first-order valence-electron chi connectivity index (χ1n) is 9.53. The lowest BCUT2D eigenvalue weighted by Crippen LogP contribution is -2.49. The highest BCUT2D eigenvalue weighted by Crippen LogP contribution is 2.27. The van der Waals surface area contributed by atoms with Gasteiger partial charge in [-0.3, -0.25) is 9.59 Å². The maximum atomic E-state index is 13.0. The highest BCUT2D eigenvalue weighted by molar-refractivity contribution is 6.30. The zero-order chi connectivity index (χ0) is 22.1. The van der Waals surface area contributed by atoms with E-state index in [2.05, 4.69) is 5.32 Å². The topological polar surface area (TPSA) is 77.1 Å². The molecule has 0 fully saturated rings. The largest absolute Gasteiger partial charge is 0.496 e. The second-order valence-corrected chi connectivity index (χ2v) is 6.96. The van der Waals surface area contributed by atoms with Crippen molar-refractivity contribution in [1.29, 1.82) is 0 Å². The van der Waals surface area contributed by atoms with E-state index >= 15 is 0 Å². The summed E-state index contributed by atoms with van der Waals surface area (Å²) in [5.41, 5.74) is 0.859. The fourth-order valence-corrected chi connectivity index (χ4v) is 3.09. The molecule has 7 nitrogen and oxygen atoms in total. The molecule has 1 atom stereocenters. The summed E-state index contributed by atoms with van der Waals surface area (Å²) in [5, 5.41) is 3.22. The molecule has 0 aliphatic rings. The number of carbonyl (C=O) groups is 2. The van der Waals surface area contributed by atoms with Gasteiger partial charge >= 0.3 is 0 Å². The summed E-state index contributed by atoms with van der Waals surface area (Å²) in [6, 6.07) is 11.6. The number of nitrogens with one attached hydrogen (secondary N) is 1. The Balaban J connectivity index is 2.21. The number of benzene rings is 2. The van der Waals surface area contributed by atoms with E-state index in [4.69, 9.17) is 25.8 Å². The van der Waals surface area contributed by atoms with Gasteiger partial charge in [-0.05, 0) is 24.1 Å². The molecule has 0 aromatic heterocycles. The maximum absolute atomic E-state index is 13.0. The van der Waals surface area contributed by atoms with Crippen LogP contribution in [0, 0.1) is 0 Å². The van der Waals surface area contributed by atoms with Crippen LogP contribution in [0.3, 0.4) is 0 Å². The number of hydrogen-bond acceptors (Lipinski definition) is 5. The summed E-state index contributed by atoms with van der Waals surface area (Å²) in [6.45, 7) is 1.87. The molecule has 0 radical (unpaired) electrons. The van der Waals surface area contributed by atoms with Crippen LogP contribution in [-0.4, -0.2) is 50.6 Å². The van der Waals surface area contributed by atoms with Crippen molar-refractivity contribution in [3.05, 3.63) is 53.1 Å². The fourth-order valence-electron chi connectivity index (χ4n) is 2.97. The van der Waals surface area contributed by atoms with Gasteiger partial charge in [0, 0.05) is 36.8 Å². The average Bonchev–Trinajstić information content (AvgIpc) is 2.77. The molecule has 0 saturated carbocycles. The maximum Gasteiger partial charge on any atom is 0.261 e. The monoisotopic (exact) mass is 434 g/mol. The van der Waals surface area contributed by atoms with Crippen molar-refractivity contribution >= 4 is 23.4 Å². The number of hydrogen-bond donors (Lipinski definition) is 1. The number of amides is 2. The van der Waals surface area contributed by atoms with Gasteiger partial charge in [0.15, 0.2) is 6.61 Å². The van der Waals surface area contributed by atoms with E-state index in [-0.39, 0.29) is 25.0 Å². The van der Waals surface area contributed by atoms with Crippen molar-refractivity contribution in [3.8, 4) is 17.2 Å². The fraction of sp³-hybridized carbons (Fsp3) is 0.364. The second-order valence-electron chi connectivity index (χ2n) is 6.52. The molecule has 2 aromatic rings. The van der Waals surface area contributed by atoms with Gasteiger partial charge in [0.25, 0.3) is 5.91 Å². The van der Waals surface area contributed by atoms with Crippen molar-refractivity contribution < 1.29 is 23.8 Å². The molecule has 0 aliphatic heterocycles. The molecule has 2 rings (SSSR count). The third kappa shape index (κ3) is 6.29. The summed E-state index contributed by atoms with van der Waals surface area (Å²) in [7, 11) is 4.62. The quantitative estimate of drug-likeness (QED) is 0.621. The Kier molecular flexibility index (Phi) is 8.80. The first-order chi connectivity index (χ1) is 14.4. The Morgan fingerprint density at radius 3 is 2.10 bits per heavy atom. The van der Waals surface area contributed by atoms with E-state index in [1.54, 1.807) is 37.4 Å². The predicted octanol–water partition coefficient (Wildman–Crippen LogP) is 3.29. The number of likely N-dealkylation sites (N-methyl/N-ethyl adjacent to an activating group) is 1. The second kappa shape index (κ2) is 11.3. The van der Waals surface area contributed by atoms with Crippen molar-refractivity contribution in [2.45, 2.75) is 25.9 Å². The zero-order valence-electron chi connectivity index (χ0n) is 17.6. The third-order valence-electron chi connectivity index (χ3n) is 4.59. The number of rotatable bonds is 10. The van der Waals surface area contributed by atoms with E-state index < -0.39 is 6.04 Å². The average molecular weight is 435 g/mol. The third-order valence-corrected chi connectivity index (χ3v) is 4.84. The van der Waals surface area contributed by atoms with Crippen molar-refractivity contribution in [2.24, 2.45) is 0 Å². The van der Waals surface area contributed by atoms with Crippen LogP contribution in [0.15, 0.2) is 42.5 Å². The van der Waals surface area contributed by atoms with Crippen LogP contribution < -0.4 is 19.5 Å². The Morgan fingerprint density at radius 2 is 1.60 bits per heavy atom. The Bertz CT molecular complexity index is 835. The first-order valence-corrected chi connectivity index (χ1v) is 9.91. The lowest BCUT2D eigenvalue weighted by atomic mass is 10.1. The molecule has 1 N–H and O–H groups in total. The number of carbonyl (C=O) groups excluding carboxylic acids is 2. The molecular weight excluding hydrogens is 408 g/mol. The minimum atomic E-state index is -0.623. The highest BCUT2D eigenvalue weighted by Gasteiger charge is 2.28. The van der Waals surface area contributed by atoms with E-state index in [1.165, 1.54) is 19.1 Å². The van der Waals surface area contributed by atoms with E-state index in [9.17, 15) is 9.59 Å². The predicted molar refractivity (Wildman–Crippen MR) is 115 cm³/mol. The molecule has 0 aliphatic carbocycles. The molecule has 0 spiro atoms. The molecule has 0 heterocycles. The Morgan fingerprint density at radius 1 is 1.03 bits per heavy atom. The number of nitrogens with zero attached hydrogens (tertiary/aromatic N) is 1. The zero-order valence-corrected chi connectivity index (χ0v) is 18.4. The standard InChI is InChI=1S/C22H27ClN2O5/c1-5-20(22(27)24-2)25(13-15-6-8-16(23)9-7-15)21(26)14-30-19-11-17(28-3)10-18(12-19)29-4/h6-12,20H,5,13-14H2,1-4H3,(H,24,27)/t20-/m0/s1. The molecule has 0 saturated heterocycles. The Hall–Kier alpha value is -2.93. The Labute approximate surface area is 181 Å². The highest BCUT2D eigenvalue weighted by atomic mass is 35.5.